The maximum Gasteiger partial charge on any atom is 0.352 e. The van der Waals surface area contributed by atoms with Gasteiger partial charge in [-0.1, -0.05) is 12.1 Å². The van der Waals surface area contributed by atoms with E-state index in [1.807, 2.05) is 12.1 Å². The maximum atomic E-state index is 11.1. The topological polar surface area (TPSA) is 116 Å². The predicted octanol–water partition coefficient (Wildman–Crippen LogP) is 2.38. The number of benzene rings is 1. The molecule has 3 N–H and O–H groups in total. The SMILES string of the molecule is Cc1nc(NN)nc(Oc2ccccc2I)c1[N+](=O)[O-]. The molecule has 0 unspecified atom stereocenters. The van der Waals surface area contributed by atoms with Gasteiger partial charge in [-0.15, -0.1) is 0 Å². The summed E-state index contributed by atoms with van der Waals surface area (Å²) in [6, 6.07) is 7.11. The number of hydrogen-bond acceptors (Lipinski definition) is 7. The summed E-state index contributed by atoms with van der Waals surface area (Å²) in [4.78, 5) is 18.3. The highest BCUT2D eigenvalue weighted by Crippen LogP contribution is 2.33. The van der Waals surface area contributed by atoms with E-state index in [1.165, 1.54) is 6.92 Å². The van der Waals surface area contributed by atoms with E-state index < -0.39 is 4.92 Å². The summed E-state index contributed by atoms with van der Waals surface area (Å²) in [6.07, 6.45) is 0. The Morgan fingerprint density at radius 2 is 2.10 bits per heavy atom. The van der Waals surface area contributed by atoms with Crippen molar-refractivity contribution in [2.45, 2.75) is 6.92 Å². The van der Waals surface area contributed by atoms with Crippen LogP contribution in [-0.2, 0) is 0 Å². The van der Waals surface area contributed by atoms with Crippen molar-refractivity contribution < 1.29 is 9.66 Å². The van der Waals surface area contributed by atoms with E-state index in [-0.39, 0.29) is 23.2 Å². The Morgan fingerprint density at radius 1 is 1.40 bits per heavy atom. The van der Waals surface area contributed by atoms with Crippen LogP contribution in [0.3, 0.4) is 0 Å². The monoisotopic (exact) mass is 387 g/mol. The molecule has 8 nitrogen and oxygen atoms in total. The molecule has 104 valence electrons. The summed E-state index contributed by atoms with van der Waals surface area (Å²) in [5.41, 5.74) is 2.13. The fourth-order valence-corrected chi connectivity index (χ4v) is 2.02. The highest BCUT2D eigenvalue weighted by Gasteiger charge is 2.24. The van der Waals surface area contributed by atoms with Gasteiger partial charge in [0.25, 0.3) is 0 Å². The third-order valence-electron chi connectivity index (χ3n) is 2.38. The number of aromatic nitrogens is 2. The molecule has 20 heavy (non-hydrogen) atoms. The van der Waals surface area contributed by atoms with E-state index in [4.69, 9.17) is 10.6 Å². The zero-order valence-corrected chi connectivity index (χ0v) is 12.5. The van der Waals surface area contributed by atoms with Crippen LogP contribution in [-0.4, -0.2) is 14.9 Å². The van der Waals surface area contributed by atoms with Crippen LogP contribution >= 0.6 is 22.6 Å². The molecule has 0 aliphatic rings. The molecule has 1 aromatic carbocycles. The van der Waals surface area contributed by atoms with Gasteiger partial charge in [-0.2, -0.15) is 4.98 Å². The number of hydrogen-bond donors (Lipinski definition) is 2. The average molecular weight is 387 g/mol. The molecular formula is C11H10IN5O3. The summed E-state index contributed by atoms with van der Waals surface area (Å²) in [7, 11) is 0. The third-order valence-corrected chi connectivity index (χ3v) is 3.27. The number of halogens is 1. The molecule has 0 saturated heterocycles. The van der Waals surface area contributed by atoms with Crippen molar-refractivity contribution in [2.24, 2.45) is 5.84 Å². The van der Waals surface area contributed by atoms with Crippen LogP contribution in [0, 0.1) is 20.6 Å². The molecular weight excluding hydrogens is 377 g/mol. The van der Waals surface area contributed by atoms with Gasteiger partial charge in [-0.3, -0.25) is 15.5 Å². The molecule has 1 heterocycles. The van der Waals surface area contributed by atoms with Crippen LogP contribution in [0.2, 0.25) is 0 Å². The first-order valence-electron chi connectivity index (χ1n) is 5.45. The van der Waals surface area contributed by atoms with E-state index >= 15 is 0 Å². The lowest BCUT2D eigenvalue weighted by Gasteiger charge is -2.09. The molecule has 1 aromatic heterocycles. The third kappa shape index (κ3) is 2.93. The first kappa shape index (κ1) is 14.4. The lowest BCUT2D eigenvalue weighted by atomic mass is 10.3. The fraction of sp³-hybridized carbons (Fsp3) is 0.0909. The number of nitro groups is 1. The van der Waals surface area contributed by atoms with Gasteiger partial charge >= 0.3 is 11.6 Å². The molecule has 0 saturated carbocycles. The Hall–Kier alpha value is -2.01. The van der Waals surface area contributed by atoms with E-state index in [1.54, 1.807) is 12.1 Å². The molecule has 0 bridgehead atoms. The van der Waals surface area contributed by atoms with Gasteiger partial charge in [0, 0.05) is 0 Å². The zero-order chi connectivity index (χ0) is 14.7. The second-order valence-electron chi connectivity index (χ2n) is 3.72. The molecule has 0 spiro atoms. The second-order valence-corrected chi connectivity index (χ2v) is 4.88. The van der Waals surface area contributed by atoms with Crippen LogP contribution in [0.5, 0.6) is 11.6 Å². The van der Waals surface area contributed by atoms with Crippen molar-refractivity contribution in [3.8, 4) is 11.6 Å². The summed E-state index contributed by atoms with van der Waals surface area (Å²) < 4.78 is 6.33. The summed E-state index contributed by atoms with van der Waals surface area (Å²) in [5.74, 6) is 5.60. The maximum absolute atomic E-state index is 11.1. The summed E-state index contributed by atoms with van der Waals surface area (Å²) >= 11 is 2.06. The minimum absolute atomic E-state index is 0.0500. The van der Waals surface area contributed by atoms with Crippen LogP contribution in [0.1, 0.15) is 5.69 Å². The molecule has 0 aliphatic carbocycles. The fourth-order valence-electron chi connectivity index (χ4n) is 1.52. The van der Waals surface area contributed by atoms with Crippen LogP contribution in [0.25, 0.3) is 0 Å². The average Bonchev–Trinajstić information content (AvgIpc) is 2.40. The number of anilines is 1. The molecule has 0 radical (unpaired) electrons. The van der Waals surface area contributed by atoms with Crippen molar-refractivity contribution >= 4 is 34.2 Å². The Balaban J connectivity index is 2.52. The van der Waals surface area contributed by atoms with Crippen LogP contribution < -0.4 is 16.0 Å². The molecule has 0 fully saturated rings. The Kier molecular flexibility index (Phi) is 4.29. The number of aryl methyl sites for hydroxylation is 1. The standard InChI is InChI=1S/C11H10IN5O3/c1-6-9(17(18)19)10(15-11(14-6)16-13)20-8-5-3-2-4-7(8)12/h2-5H,13H2,1H3,(H,14,15,16). The van der Waals surface area contributed by atoms with Crippen LogP contribution in [0.4, 0.5) is 11.6 Å². The number of nitrogen functional groups attached to an aromatic ring is 1. The molecule has 2 rings (SSSR count). The summed E-state index contributed by atoms with van der Waals surface area (Å²) in [5, 5.41) is 11.1. The largest absolute Gasteiger partial charge is 0.432 e. The van der Waals surface area contributed by atoms with E-state index in [0.717, 1.165) is 3.57 Å². The quantitative estimate of drug-likeness (QED) is 0.358. The Bertz CT molecular complexity index is 665. The van der Waals surface area contributed by atoms with Gasteiger partial charge in [0.15, 0.2) is 0 Å². The lowest BCUT2D eigenvalue weighted by Crippen LogP contribution is -2.12. The second kappa shape index (κ2) is 5.96. The van der Waals surface area contributed by atoms with Gasteiger partial charge in [-0.25, -0.2) is 10.8 Å². The van der Waals surface area contributed by atoms with Gasteiger partial charge < -0.3 is 4.74 Å². The number of nitrogens with zero attached hydrogens (tertiary/aromatic N) is 3. The number of rotatable bonds is 4. The van der Waals surface area contributed by atoms with Gasteiger partial charge in [-0.05, 0) is 41.6 Å². The first-order valence-corrected chi connectivity index (χ1v) is 6.53. The minimum atomic E-state index is -0.583. The van der Waals surface area contributed by atoms with E-state index in [2.05, 4.69) is 38.0 Å². The number of nitrogens with one attached hydrogen (secondary N) is 1. The highest BCUT2D eigenvalue weighted by molar-refractivity contribution is 14.1. The van der Waals surface area contributed by atoms with E-state index in [0.29, 0.717) is 5.75 Å². The van der Waals surface area contributed by atoms with Crippen molar-refractivity contribution in [3.05, 3.63) is 43.6 Å². The van der Waals surface area contributed by atoms with E-state index in [9.17, 15) is 10.1 Å². The molecule has 0 amide bonds. The van der Waals surface area contributed by atoms with Crippen molar-refractivity contribution in [2.75, 3.05) is 5.43 Å². The van der Waals surface area contributed by atoms with Crippen molar-refractivity contribution in [1.82, 2.24) is 9.97 Å². The van der Waals surface area contributed by atoms with Crippen molar-refractivity contribution in [3.63, 3.8) is 0 Å². The van der Waals surface area contributed by atoms with Crippen LogP contribution in [0.15, 0.2) is 24.3 Å². The Morgan fingerprint density at radius 3 is 2.70 bits per heavy atom. The Labute approximate surface area is 127 Å². The van der Waals surface area contributed by atoms with Crippen molar-refractivity contribution in [1.29, 1.82) is 0 Å². The number of hydrazine groups is 1. The normalized spacial score (nSPS) is 10.2. The number of ether oxygens (including phenoxy) is 1. The zero-order valence-electron chi connectivity index (χ0n) is 10.3. The van der Waals surface area contributed by atoms with Gasteiger partial charge in [0.05, 0.1) is 8.49 Å². The summed E-state index contributed by atoms with van der Waals surface area (Å²) in [6.45, 7) is 1.49. The predicted molar refractivity (Wildman–Crippen MR) is 80.5 cm³/mol. The van der Waals surface area contributed by atoms with Gasteiger partial charge in [0.1, 0.15) is 11.4 Å². The molecule has 0 aliphatic heterocycles. The molecule has 2 aromatic rings. The molecule has 9 heteroatoms. The minimum Gasteiger partial charge on any atom is -0.432 e. The highest BCUT2D eigenvalue weighted by atomic mass is 127. The first-order chi connectivity index (χ1) is 9.52. The number of nitrogens with two attached hydrogens (primary N) is 1. The van der Waals surface area contributed by atoms with Gasteiger partial charge in [0.2, 0.25) is 5.95 Å². The molecule has 0 atom stereocenters. The smallest absolute Gasteiger partial charge is 0.352 e. The number of para-hydroxylation sites is 1. The lowest BCUT2D eigenvalue weighted by molar-refractivity contribution is -0.386.